The molecule has 0 aliphatic carbocycles. The van der Waals surface area contributed by atoms with Gasteiger partial charge in [0, 0.05) is 19.6 Å². The van der Waals surface area contributed by atoms with Crippen molar-refractivity contribution in [3.8, 4) is 0 Å². The molecule has 16 heavy (non-hydrogen) atoms. The number of rotatable bonds is 6. The largest absolute Gasteiger partial charge is 0.390 e. The molecule has 0 amide bonds. The summed E-state index contributed by atoms with van der Waals surface area (Å²) in [7, 11) is 0. The fraction of sp³-hybridized carbons (Fsp3) is 1.00. The molecule has 0 saturated carbocycles. The fourth-order valence-electron chi connectivity index (χ4n) is 2.51. The Morgan fingerprint density at radius 1 is 1.44 bits per heavy atom. The van der Waals surface area contributed by atoms with Crippen molar-refractivity contribution in [1.29, 1.82) is 0 Å². The normalized spacial score (nSPS) is 23.2. The molecule has 96 valence electrons. The molecule has 3 heteroatoms. The maximum atomic E-state index is 9.89. The zero-order chi connectivity index (χ0) is 12.0. The number of β-amino-alcohol motifs (C(OH)–C–C–N with tert-alkyl or cyclic N) is 1. The van der Waals surface area contributed by atoms with Crippen LogP contribution >= 0.6 is 0 Å². The minimum absolute atomic E-state index is 0.222. The second kappa shape index (κ2) is 6.58. The van der Waals surface area contributed by atoms with E-state index in [0.717, 1.165) is 39.1 Å². The van der Waals surface area contributed by atoms with Crippen LogP contribution in [0.4, 0.5) is 0 Å². The second-order valence-corrected chi connectivity index (χ2v) is 5.86. The van der Waals surface area contributed by atoms with Gasteiger partial charge in [-0.3, -0.25) is 0 Å². The van der Waals surface area contributed by atoms with Crippen LogP contribution in [0.2, 0.25) is 0 Å². The van der Waals surface area contributed by atoms with Crippen molar-refractivity contribution in [3.63, 3.8) is 0 Å². The molecular weight excluding hydrogens is 200 g/mol. The molecule has 0 spiro atoms. The lowest BCUT2D eigenvalue weighted by Crippen LogP contribution is -2.45. The van der Waals surface area contributed by atoms with Crippen molar-refractivity contribution in [3.05, 3.63) is 0 Å². The number of hydrogen-bond acceptors (Lipinski definition) is 3. The van der Waals surface area contributed by atoms with E-state index in [-0.39, 0.29) is 6.10 Å². The van der Waals surface area contributed by atoms with Gasteiger partial charge in [-0.25, -0.2) is 0 Å². The van der Waals surface area contributed by atoms with Gasteiger partial charge in [-0.15, -0.1) is 0 Å². The first-order chi connectivity index (χ1) is 7.53. The van der Waals surface area contributed by atoms with Crippen molar-refractivity contribution < 1.29 is 5.11 Å². The van der Waals surface area contributed by atoms with Gasteiger partial charge in [0.25, 0.3) is 0 Å². The van der Waals surface area contributed by atoms with Crippen LogP contribution in [0.25, 0.3) is 0 Å². The van der Waals surface area contributed by atoms with Crippen LogP contribution in [0.5, 0.6) is 0 Å². The summed E-state index contributed by atoms with van der Waals surface area (Å²) in [6, 6.07) is 0. The Hall–Kier alpha value is -0.120. The first-order valence-corrected chi connectivity index (χ1v) is 6.64. The molecule has 0 bridgehead atoms. The van der Waals surface area contributed by atoms with E-state index < -0.39 is 0 Å². The third kappa shape index (κ3) is 5.28. The zero-order valence-electron chi connectivity index (χ0n) is 11.1. The van der Waals surface area contributed by atoms with E-state index in [1.165, 1.54) is 12.8 Å². The molecule has 1 heterocycles. The number of piperidine rings is 1. The zero-order valence-corrected chi connectivity index (χ0v) is 11.1. The monoisotopic (exact) mass is 228 g/mol. The van der Waals surface area contributed by atoms with E-state index in [1.807, 2.05) is 0 Å². The van der Waals surface area contributed by atoms with Gasteiger partial charge in [-0.05, 0) is 37.8 Å². The average Bonchev–Trinajstić information content (AvgIpc) is 2.16. The van der Waals surface area contributed by atoms with Gasteiger partial charge in [-0.1, -0.05) is 20.8 Å². The maximum Gasteiger partial charge on any atom is 0.0791 e. The van der Waals surface area contributed by atoms with Gasteiger partial charge < -0.3 is 15.3 Å². The van der Waals surface area contributed by atoms with Crippen molar-refractivity contribution >= 4 is 0 Å². The number of nitrogens with zero attached hydrogens (tertiary/aromatic N) is 1. The van der Waals surface area contributed by atoms with Crippen molar-refractivity contribution in [2.45, 2.75) is 46.1 Å². The van der Waals surface area contributed by atoms with Crippen LogP contribution in [0.1, 0.15) is 40.0 Å². The lowest BCUT2D eigenvalue weighted by Gasteiger charge is -2.38. The van der Waals surface area contributed by atoms with E-state index in [4.69, 9.17) is 0 Å². The van der Waals surface area contributed by atoms with Gasteiger partial charge in [0.15, 0.2) is 0 Å². The van der Waals surface area contributed by atoms with Crippen molar-refractivity contribution in [2.75, 3.05) is 32.7 Å². The third-order valence-electron chi connectivity index (χ3n) is 3.26. The Morgan fingerprint density at radius 3 is 2.81 bits per heavy atom. The highest BCUT2D eigenvalue weighted by atomic mass is 16.3. The third-order valence-corrected chi connectivity index (χ3v) is 3.26. The predicted molar refractivity (Wildman–Crippen MR) is 68.6 cm³/mol. The Balaban J connectivity index is 2.20. The summed E-state index contributed by atoms with van der Waals surface area (Å²) in [6.45, 7) is 11.6. The molecule has 3 nitrogen and oxygen atoms in total. The summed E-state index contributed by atoms with van der Waals surface area (Å²) in [5, 5.41) is 13.2. The summed E-state index contributed by atoms with van der Waals surface area (Å²) >= 11 is 0. The Bertz CT molecular complexity index is 194. The van der Waals surface area contributed by atoms with Gasteiger partial charge in [0.05, 0.1) is 6.10 Å². The fourth-order valence-corrected chi connectivity index (χ4v) is 2.51. The molecule has 0 radical (unpaired) electrons. The summed E-state index contributed by atoms with van der Waals surface area (Å²) in [6.07, 6.45) is 3.49. The molecular formula is C13H28N2O. The summed E-state index contributed by atoms with van der Waals surface area (Å²) < 4.78 is 0. The van der Waals surface area contributed by atoms with Crippen molar-refractivity contribution in [1.82, 2.24) is 10.2 Å². The van der Waals surface area contributed by atoms with E-state index in [1.54, 1.807) is 0 Å². The van der Waals surface area contributed by atoms with Crippen LogP contribution in [0.3, 0.4) is 0 Å². The highest BCUT2D eigenvalue weighted by Crippen LogP contribution is 2.28. The van der Waals surface area contributed by atoms with Gasteiger partial charge in [-0.2, -0.15) is 0 Å². The molecule has 1 fully saturated rings. The van der Waals surface area contributed by atoms with E-state index >= 15 is 0 Å². The quantitative estimate of drug-likeness (QED) is 0.676. The Kier molecular flexibility index (Phi) is 5.73. The van der Waals surface area contributed by atoms with Crippen LogP contribution in [-0.2, 0) is 0 Å². The lowest BCUT2D eigenvalue weighted by molar-refractivity contribution is 0.0601. The first-order valence-electron chi connectivity index (χ1n) is 6.64. The van der Waals surface area contributed by atoms with E-state index in [9.17, 15) is 5.11 Å². The molecule has 1 aliphatic heterocycles. The summed E-state index contributed by atoms with van der Waals surface area (Å²) in [5.74, 6) is 0. The van der Waals surface area contributed by atoms with E-state index in [0.29, 0.717) is 5.41 Å². The first kappa shape index (κ1) is 13.9. The molecule has 1 aliphatic rings. The number of aliphatic hydroxyl groups excluding tert-OH is 1. The smallest absolute Gasteiger partial charge is 0.0791 e. The highest BCUT2D eigenvalue weighted by Gasteiger charge is 2.27. The second-order valence-electron chi connectivity index (χ2n) is 5.86. The number of aliphatic hydroxyl groups is 1. The SMILES string of the molecule is CCCNCC(O)CN1CCCC(C)(C)C1. The standard InChI is InChI=1S/C13H28N2O/c1-4-7-14-9-12(16)10-15-8-5-6-13(2,3)11-15/h12,14,16H,4-11H2,1-3H3. The molecule has 1 rings (SSSR count). The number of nitrogens with one attached hydrogen (secondary N) is 1. The maximum absolute atomic E-state index is 9.89. The number of hydrogen-bond donors (Lipinski definition) is 2. The molecule has 2 N–H and O–H groups in total. The van der Waals surface area contributed by atoms with Crippen LogP contribution in [-0.4, -0.2) is 48.8 Å². The Labute approximate surface area is 100 Å². The van der Waals surface area contributed by atoms with Crippen LogP contribution in [0.15, 0.2) is 0 Å². The molecule has 0 aromatic carbocycles. The summed E-state index contributed by atoms with van der Waals surface area (Å²) in [4.78, 5) is 2.40. The lowest BCUT2D eigenvalue weighted by atomic mass is 9.84. The molecule has 0 aromatic heterocycles. The van der Waals surface area contributed by atoms with Gasteiger partial charge >= 0.3 is 0 Å². The molecule has 1 saturated heterocycles. The topological polar surface area (TPSA) is 35.5 Å². The Morgan fingerprint density at radius 2 is 2.19 bits per heavy atom. The van der Waals surface area contributed by atoms with Crippen LogP contribution in [0, 0.1) is 5.41 Å². The summed E-state index contributed by atoms with van der Waals surface area (Å²) in [5.41, 5.74) is 0.425. The highest BCUT2D eigenvalue weighted by molar-refractivity contribution is 4.81. The minimum atomic E-state index is -0.222. The molecule has 1 unspecified atom stereocenters. The van der Waals surface area contributed by atoms with Crippen molar-refractivity contribution in [2.24, 2.45) is 5.41 Å². The average molecular weight is 228 g/mol. The molecule has 1 atom stereocenters. The predicted octanol–water partition coefficient (Wildman–Crippen LogP) is 1.47. The van der Waals surface area contributed by atoms with Gasteiger partial charge in [0.2, 0.25) is 0 Å². The van der Waals surface area contributed by atoms with E-state index in [2.05, 4.69) is 31.0 Å². The van der Waals surface area contributed by atoms with Crippen LogP contribution < -0.4 is 5.32 Å². The molecule has 0 aromatic rings. The minimum Gasteiger partial charge on any atom is -0.390 e. The van der Waals surface area contributed by atoms with Gasteiger partial charge in [0.1, 0.15) is 0 Å². The number of likely N-dealkylation sites (tertiary alicyclic amines) is 1.